The van der Waals surface area contributed by atoms with Crippen LogP contribution in [0.4, 0.5) is 5.69 Å². The van der Waals surface area contributed by atoms with Crippen molar-refractivity contribution in [2.75, 3.05) is 5.73 Å². The number of anilines is 1. The fraction of sp³-hybridized carbons (Fsp3) is 0.188. The molecule has 3 rings (SSSR count). The molecule has 5 heteroatoms. The Morgan fingerprint density at radius 3 is 2.86 bits per heavy atom. The summed E-state index contributed by atoms with van der Waals surface area (Å²) in [4.78, 5) is 4.66. The Morgan fingerprint density at radius 1 is 1.24 bits per heavy atom. The summed E-state index contributed by atoms with van der Waals surface area (Å²) in [6, 6.07) is 13.5. The zero-order valence-electron chi connectivity index (χ0n) is 11.7. The molecule has 0 saturated heterocycles. The molecule has 0 atom stereocenters. The van der Waals surface area contributed by atoms with E-state index in [0.29, 0.717) is 12.3 Å². The minimum Gasteiger partial charge on any atom is -0.486 e. The van der Waals surface area contributed by atoms with Crippen molar-refractivity contribution < 1.29 is 4.74 Å². The van der Waals surface area contributed by atoms with Crippen molar-refractivity contribution in [2.45, 2.75) is 20.1 Å². The first-order chi connectivity index (χ1) is 10.2. The molecule has 0 aliphatic heterocycles. The maximum absolute atomic E-state index is 5.80. The van der Waals surface area contributed by atoms with Gasteiger partial charge in [0.25, 0.3) is 0 Å². The predicted molar refractivity (Wildman–Crippen MR) is 88.3 cm³/mol. The first kappa shape index (κ1) is 13.9. The first-order valence-corrected chi connectivity index (χ1v) is 7.59. The average Bonchev–Trinajstić information content (AvgIpc) is 2.81. The van der Waals surface area contributed by atoms with Crippen LogP contribution < -0.4 is 10.5 Å². The summed E-state index contributed by atoms with van der Waals surface area (Å²) < 4.78 is 8.99. The summed E-state index contributed by atoms with van der Waals surface area (Å²) in [6.07, 6.45) is 0. The first-order valence-electron chi connectivity index (χ1n) is 6.80. The molecule has 0 fully saturated rings. The van der Waals surface area contributed by atoms with E-state index in [9.17, 15) is 0 Å². The van der Waals surface area contributed by atoms with Crippen LogP contribution in [-0.2, 0) is 13.2 Å². The largest absolute Gasteiger partial charge is 0.486 e. The number of hydrogen-bond acceptors (Lipinski definition) is 3. The van der Waals surface area contributed by atoms with E-state index in [2.05, 4.69) is 38.5 Å². The highest BCUT2D eigenvalue weighted by Crippen LogP contribution is 2.22. The number of rotatable bonds is 4. The smallest absolute Gasteiger partial charge is 0.147 e. The van der Waals surface area contributed by atoms with Crippen molar-refractivity contribution in [3.63, 3.8) is 0 Å². The molecule has 0 spiro atoms. The maximum atomic E-state index is 5.80. The van der Waals surface area contributed by atoms with E-state index in [4.69, 9.17) is 10.5 Å². The molecule has 1 aromatic heterocycles. The van der Waals surface area contributed by atoms with E-state index >= 15 is 0 Å². The molecule has 4 nitrogen and oxygen atoms in total. The zero-order valence-corrected chi connectivity index (χ0v) is 13.3. The molecule has 108 valence electrons. The minimum atomic E-state index is 0.420. The van der Waals surface area contributed by atoms with Gasteiger partial charge in [-0.1, -0.05) is 22.0 Å². The van der Waals surface area contributed by atoms with Gasteiger partial charge in [-0.25, -0.2) is 4.98 Å². The third kappa shape index (κ3) is 2.88. The van der Waals surface area contributed by atoms with Crippen LogP contribution in [0, 0.1) is 0 Å². The Bertz CT molecular complexity index is 782. The number of fused-ring (bicyclic) bond motifs is 1. The van der Waals surface area contributed by atoms with Gasteiger partial charge in [-0.05, 0) is 37.3 Å². The molecular formula is C16H16BrN3O. The number of nitrogens with two attached hydrogens (primary N) is 1. The van der Waals surface area contributed by atoms with Crippen molar-refractivity contribution in [3.05, 3.63) is 52.8 Å². The quantitative estimate of drug-likeness (QED) is 0.727. The number of halogens is 1. The van der Waals surface area contributed by atoms with Crippen LogP contribution in [-0.4, -0.2) is 9.55 Å². The molecular weight excluding hydrogens is 330 g/mol. The van der Waals surface area contributed by atoms with Crippen molar-refractivity contribution in [1.29, 1.82) is 0 Å². The Labute approximate surface area is 131 Å². The summed E-state index contributed by atoms with van der Waals surface area (Å²) in [6.45, 7) is 3.38. The van der Waals surface area contributed by atoms with Crippen LogP contribution in [0.3, 0.4) is 0 Å². The number of hydrogen-bond donors (Lipinski definition) is 1. The van der Waals surface area contributed by atoms with E-state index in [1.807, 2.05) is 36.4 Å². The number of ether oxygens (including phenoxy) is 1. The number of nitrogens with zero attached hydrogens (tertiary/aromatic N) is 2. The summed E-state index contributed by atoms with van der Waals surface area (Å²) in [5.41, 5.74) is 8.54. The lowest BCUT2D eigenvalue weighted by Crippen LogP contribution is -2.06. The molecule has 1 heterocycles. The predicted octanol–water partition coefficient (Wildman–Crippen LogP) is 3.98. The molecule has 0 aliphatic rings. The fourth-order valence-corrected chi connectivity index (χ4v) is 2.72. The normalized spacial score (nSPS) is 11.0. The Kier molecular flexibility index (Phi) is 3.84. The number of nitrogen functional groups attached to an aromatic ring is 1. The van der Waals surface area contributed by atoms with E-state index in [-0.39, 0.29) is 0 Å². The Hall–Kier alpha value is -2.01. The van der Waals surface area contributed by atoms with Gasteiger partial charge in [0.15, 0.2) is 0 Å². The van der Waals surface area contributed by atoms with Crippen LogP contribution in [0.15, 0.2) is 46.9 Å². The van der Waals surface area contributed by atoms with E-state index in [1.54, 1.807) is 0 Å². The maximum Gasteiger partial charge on any atom is 0.147 e. The topological polar surface area (TPSA) is 53.1 Å². The third-order valence-corrected chi connectivity index (χ3v) is 3.82. The van der Waals surface area contributed by atoms with Crippen LogP contribution in [0.1, 0.15) is 12.7 Å². The van der Waals surface area contributed by atoms with Gasteiger partial charge in [0.05, 0.1) is 11.0 Å². The SMILES string of the molecule is CCn1c(COc2cccc(N)c2)nc2cc(Br)ccc21. The Morgan fingerprint density at radius 2 is 2.10 bits per heavy atom. The van der Waals surface area contributed by atoms with Gasteiger partial charge in [0.2, 0.25) is 0 Å². The zero-order chi connectivity index (χ0) is 14.8. The van der Waals surface area contributed by atoms with E-state index in [0.717, 1.165) is 33.6 Å². The van der Waals surface area contributed by atoms with Crippen LogP contribution >= 0.6 is 15.9 Å². The lowest BCUT2D eigenvalue weighted by molar-refractivity contribution is 0.291. The average molecular weight is 346 g/mol. The highest BCUT2D eigenvalue weighted by molar-refractivity contribution is 9.10. The molecule has 0 saturated carbocycles. The molecule has 0 unspecified atom stereocenters. The molecule has 0 bridgehead atoms. The molecule has 0 aliphatic carbocycles. The molecule has 3 aromatic rings. The number of aromatic nitrogens is 2. The standard InChI is InChI=1S/C16H16BrN3O/c1-2-20-15-7-6-11(17)8-14(15)19-16(20)10-21-13-5-3-4-12(18)9-13/h3-9H,2,10,18H2,1H3. The van der Waals surface area contributed by atoms with Gasteiger partial charge in [0, 0.05) is 22.8 Å². The van der Waals surface area contributed by atoms with Gasteiger partial charge in [-0.2, -0.15) is 0 Å². The highest BCUT2D eigenvalue weighted by atomic mass is 79.9. The molecule has 0 radical (unpaired) electrons. The lowest BCUT2D eigenvalue weighted by Gasteiger charge is -2.08. The molecule has 0 amide bonds. The van der Waals surface area contributed by atoms with E-state index < -0.39 is 0 Å². The van der Waals surface area contributed by atoms with Crippen molar-refractivity contribution in [1.82, 2.24) is 9.55 Å². The number of benzene rings is 2. The summed E-state index contributed by atoms with van der Waals surface area (Å²) in [5, 5.41) is 0. The lowest BCUT2D eigenvalue weighted by atomic mass is 10.3. The second-order valence-corrected chi connectivity index (χ2v) is 5.68. The van der Waals surface area contributed by atoms with Crippen LogP contribution in [0.5, 0.6) is 5.75 Å². The summed E-state index contributed by atoms with van der Waals surface area (Å²) in [5.74, 6) is 1.67. The van der Waals surface area contributed by atoms with Gasteiger partial charge in [-0.15, -0.1) is 0 Å². The summed E-state index contributed by atoms with van der Waals surface area (Å²) >= 11 is 3.48. The highest BCUT2D eigenvalue weighted by Gasteiger charge is 2.10. The molecule has 21 heavy (non-hydrogen) atoms. The third-order valence-electron chi connectivity index (χ3n) is 3.33. The van der Waals surface area contributed by atoms with Gasteiger partial charge >= 0.3 is 0 Å². The van der Waals surface area contributed by atoms with Crippen molar-refractivity contribution >= 4 is 32.7 Å². The Balaban J connectivity index is 1.89. The van der Waals surface area contributed by atoms with Crippen molar-refractivity contribution in [3.8, 4) is 5.75 Å². The number of aryl methyl sites for hydroxylation is 1. The van der Waals surface area contributed by atoms with Crippen molar-refractivity contribution in [2.24, 2.45) is 0 Å². The second-order valence-electron chi connectivity index (χ2n) is 4.77. The van der Waals surface area contributed by atoms with Crippen LogP contribution in [0.25, 0.3) is 11.0 Å². The second kappa shape index (κ2) is 5.77. The summed E-state index contributed by atoms with van der Waals surface area (Å²) in [7, 11) is 0. The van der Waals surface area contributed by atoms with E-state index in [1.165, 1.54) is 0 Å². The van der Waals surface area contributed by atoms with Gasteiger partial charge < -0.3 is 15.0 Å². The van der Waals surface area contributed by atoms with Crippen LogP contribution in [0.2, 0.25) is 0 Å². The molecule has 2 N–H and O–H groups in total. The fourth-order valence-electron chi connectivity index (χ4n) is 2.37. The van der Waals surface area contributed by atoms with Gasteiger partial charge in [-0.3, -0.25) is 0 Å². The number of imidazole rings is 1. The molecule has 2 aromatic carbocycles. The van der Waals surface area contributed by atoms with Gasteiger partial charge in [0.1, 0.15) is 18.2 Å². The monoisotopic (exact) mass is 345 g/mol. The minimum absolute atomic E-state index is 0.420.